The van der Waals surface area contributed by atoms with Crippen LogP contribution in [0.15, 0.2) is 0 Å². The molecule has 1 aliphatic rings. The molecule has 0 unspecified atom stereocenters. The van der Waals surface area contributed by atoms with E-state index in [9.17, 15) is 0 Å². The van der Waals surface area contributed by atoms with Crippen LogP contribution in [0.2, 0.25) is 0 Å². The van der Waals surface area contributed by atoms with Gasteiger partial charge < -0.3 is 10.4 Å². The minimum Gasteiger partial charge on any atom is -0.394 e. The Morgan fingerprint density at radius 3 is 2.75 bits per heavy atom. The van der Waals surface area contributed by atoms with Gasteiger partial charge in [0.25, 0.3) is 0 Å². The maximum absolute atomic E-state index is 8.76. The first-order valence-electron chi connectivity index (χ1n) is 3.13. The van der Waals surface area contributed by atoms with Gasteiger partial charge in [0.05, 0.1) is 6.61 Å². The summed E-state index contributed by atoms with van der Waals surface area (Å²) >= 11 is 0. The van der Waals surface area contributed by atoms with Gasteiger partial charge in [-0.1, -0.05) is 0 Å². The minimum atomic E-state index is 0.0417. The monoisotopic (exact) mass is 115 g/mol. The third-order valence-electron chi connectivity index (χ3n) is 1.81. The fraction of sp³-hybridized carbons (Fsp3) is 1.00. The number of aliphatic hydroxyl groups is 1. The third kappa shape index (κ3) is 1.01. The summed E-state index contributed by atoms with van der Waals surface area (Å²) in [7, 11) is 0. The number of hydrogen-bond acceptors (Lipinski definition) is 2. The van der Waals surface area contributed by atoms with Gasteiger partial charge in [0.1, 0.15) is 0 Å². The minimum absolute atomic E-state index is 0.0417. The molecule has 1 fully saturated rings. The maximum atomic E-state index is 8.76. The van der Waals surface area contributed by atoms with Crippen molar-refractivity contribution in [3.8, 4) is 0 Å². The Hall–Kier alpha value is -0.0800. The molecule has 0 aromatic carbocycles. The summed E-state index contributed by atoms with van der Waals surface area (Å²) < 4.78 is 0. The van der Waals surface area contributed by atoms with Crippen LogP contribution in [0.5, 0.6) is 0 Å². The van der Waals surface area contributed by atoms with E-state index in [4.69, 9.17) is 5.11 Å². The van der Waals surface area contributed by atoms with Crippen LogP contribution in [0.4, 0.5) is 0 Å². The maximum Gasteiger partial charge on any atom is 0.0610 e. The van der Waals surface area contributed by atoms with Crippen molar-refractivity contribution in [2.24, 2.45) is 0 Å². The Labute approximate surface area is 49.9 Å². The standard InChI is InChI=1S/C6H13NO/c1-6(5-8)3-2-4-7-6/h7-8H,2-5H2,1H3/t6-/m0/s1. The van der Waals surface area contributed by atoms with Crippen molar-refractivity contribution in [3.05, 3.63) is 0 Å². The Morgan fingerprint density at radius 1 is 1.75 bits per heavy atom. The summed E-state index contributed by atoms with van der Waals surface area (Å²) in [6.07, 6.45) is 2.32. The van der Waals surface area contributed by atoms with Gasteiger partial charge in [-0.3, -0.25) is 0 Å². The smallest absolute Gasteiger partial charge is 0.0610 e. The van der Waals surface area contributed by atoms with E-state index in [1.165, 1.54) is 6.42 Å². The van der Waals surface area contributed by atoms with Crippen LogP contribution in [0.25, 0.3) is 0 Å². The first kappa shape index (κ1) is 6.05. The number of nitrogens with one attached hydrogen (secondary N) is 1. The lowest BCUT2D eigenvalue weighted by molar-refractivity contribution is 0.192. The molecule has 0 aromatic rings. The van der Waals surface area contributed by atoms with E-state index in [1.807, 2.05) is 0 Å². The van der Waals surface area contributed by atoms with Crippen LogP contribution in [0.3, 0.4) is 0 Å². The molecule has 1 aliphatic heterocycles. The van der Waals surface area contributed by atoms with E-state index < -0.39 is 0 Å². The van der Waals surface area contributed by atoms with Crippen LogP contribution >= 0.6 is 0 Å². The van der Waals surface area contributed by atoms with Crippen LogP contribution in [0, 0.1) is 0 Å². The molecule has 0 amide bonds. The second kappa shape index (κ2) is 2.03. The van der Waals surface area contributed by atoms with E-state index in [1.54, 1.807) is 0 Å². The third-order valence-corrected chi connectivity index (χ3v) is 1.81. The van der Waals surface area contributed by atoms with Crippen molar-refractivity contribution >= 4 is 0 Å². The lowest BCUT2D eigenvalue weighted by Gasteiger charge is -2.19. The quantitative estimate of drug-likeness (QED) is 0.509. The summed E-state index contributed by atoms with van der Waals surface area (Å²) in [6.45, 7) is 3.39. The summed E-state index contributed by atoms with van der Waals surface area (Å²) in [5, 5.41) is 12.0. The van der Waals surface area contributed by atoms with Crippen LogP contribution < -0.4 is 5.32 Å². The Kier molecular flexibility index (Phi) is 1.54. The Morgan fingerprint density at radius 2 is 2.50 bits per heavy atom. The molecule has 0 radical (unpaired) electrons. The van der Waals surface area contributed by atoms with Crippen LogP contribution in [0.1, 0.15) is 19.8 Å². The Balaban J connectivity index is 2.40. The molecular weight excluding hydrogens is 102 g/mol. The van der Waals surface area contributed by atoms with E-state index in [0.717, 1.165) is 13.0 Å². The molecule has 2 heteroatoms. The van der Waals surface area contributed by atoms with Gasteiger partial charge in [-0.2, -0.15) is 0 Å². The lowest BCUT2D eigenvalue weighted by Crippen LogP contribution is -2.39. The summed E-state index contributed by atoms with van der Waals surface area (Å²) in [5.41, 5.74) is 0.0417. The van der Waals surface area contributed by atoms with Gasteiger partial charge in [-0.05, 0) is 26.3 Å². The van der Waals surface area contributed by atoms with Crippen LogP contribution in [-0.2, 0) is 0 Å². The summed E-state index contributed by atoms with van der Waals surface area (Å²) in [4.78, 5) is 0. The fourth-order valence-corrected chi connectivity index (χ4v) is 1.09. The van der Waals surface area contributed by atoms with E-state index >= 15 is 0 Å². The molecule has 0 aliphatic carbocycles. The fourth-order valence-electron chi connectivity index (χ4n) is 1.09. The van der Waals surface area contributed by atoms with Crippen molar-refractivity contribution < 1.29 is 5.11 Å². The molecule has 1 saturated heterocycles. The number of rotatable bonds is 1. The predicted molar refractivity (Wildman–Crippen MR) is 32.7 cm³/mol. The molecule has 0 spiro atoms. The van der Waals surface area contributed by atoms with Crippen molar-refractivity contribution in [1.82, 2.24) is 5.32 Å². The highest BCUT2D eigenvalue weighted by Crippen LogP contribution is 2.16. The molecule has 48 valence electrons. The summed E-state index contributed by atoms with van der Waals surface area (Å²) in [6, 6.07) is 0. The number of aliphatic hydroxyl groups excluding tert-OH is 1. The molecule has 0 bridgehead atoms. The van der Waals surface area contributed by atoms with Gasteiger partial charge in [0.2, 0.25) is 0 Å². The van der Waals surface area contributed by atoms with Gasteiger partial charge in [-0.25, -0.2) is 0 Å². The first-order chi connectivity index (χ1) is 3.77. The molecule has 0 saturated carbocycles. The van der Waals surface area contributed by atoms with Crippen molar-refractivity contribution in [2.75, 3.05) is 13.2 Å². The molecule has 0 aromatic heterocycles. The normalized spacial score (nSPS) is 38.2. The summed E-state index contributed by atoms with van der Waals surface area (Å²) in [5.74, 6) is 0. The van der Waals surface area contributed by atoms with E-state index in [0.29, 0.717) is 0 Å². The van der Waals surface area contributed by atoms with Gasteiger partial charge >= 0.3 is 0 Å². The van der Waals surface area contributed by atoms with Gasteiger partial charge in [0.15, 0.2) is 0 Å². The first-order valence-corrected chi connectivity index (χ1v) is 3.13. The van der Waals surface area contributed by atoms with Crippen LogP contribution in [-0.4, -0.2) is 23.8 Å². The molecule has 2 nitrogen and oxygen atoms in total. The van der Waals surface area contributed by atoms with Gasteiger partial charge in [-0.15, -0.1) is 0 Å². The topological polar surface area (TPSA) is 32.3 Å². The number of hydrogen-bond donors (Lipinski definition) is 2. The average Bonchev–Trinajstić information content (AvgIpc) is 2.17. The molecule has 1 heterocycles. The Bertz CT molecular complexity index is 76.6. The van der Waals surface area contributed by atoms with Crippen molar-refractivity contribution in [3.63, 3.8) is 0 Å². The molecule has 2 N–H and O–H groups in total. The van der Waals surface area contributed by atoms with Crippen molar-refractivity contribution in [2.45, 2.75) is 25.3 Å². The highest BCUT2D eigenvalue weighted by Gasteiger charge is 2.26. The molecule has 8 heavy (non-hydrogen) atoms. The molecule has 1 atom stereocenters. The zero-order valence-electron chi connectivity index (χ0n) is 5.28. The highest BCUT2D eigenvalue weighted by molar-refractivity contribution is 4.87. The van der Waals surface area contributed by atoms with E-state index in [-0.39, 0.29) is 12.1 Å². The predicted octanol–water partition coefficient (Wildman–Crippen LogP) is 0.121. The zero-order valence-corrected chi connectivity index (χ0v) is 5.28. The average molecular weight is 115 g/mol. The highest BCUT2D eigenvalue weighted by atomic mass is 16.3. The second-order valence-corrected chi connectivity index (χ2v) is 2.75. The van der Waals surface area contributed by atoms with E-state index in [2.05, 4.69) is 12.2 Å². The SMILES string of the molecule is C[C@@]1(CO)CCCN1. The zero-order chi connectivity index (χ0) is 6.04. The largest absolute Gasteiger partial charge is 0.394 e. The van der Waals surface area contributed by atoms with Crippen molar-refractivity contribution in [1.29, 1.82) is 0 Å². The lowest BCUT2D eigenvalue weighted by atomic mass is 10.0. The molecular formula is C6H13NO. The van der Waals surface area contributed by atoms with Gasteiger partial charge in [0, 0.05) is 5.54 Å². The molecule has 1 rings (SSSR count). The second-order valence-electron chi connectivity index (χ2n) is 2.75.